The molecule has 7 nitrogen and oxygen atoms in total. The molecule has 3 aromatic carbocycles. The first kappa shape index (κ1) is 21.5. The van der Waals surface area contributed by atoms with Crippen LogP contribution in [0, 0.1) is 0 Å². The number of benzene rings is 3. The number of hydrogen-bond acceptors (Lipinski definition) is 5. The zero-order chi connectivity index (χ0) is 23.3. The highest BCUT2D eigenvalue weighted by molar-refractivity contribution is 6.01. The van der Waals surface area contributed by atoms with Gasteiger partial charge in [0, 0.05) is 11.6 Å². The Balaban J connectivity index is 1.40. The van der Waals surface area contributed by atoms with E-state index in [0.29, 0.717) is 11.7 Å². The normalized spacial score (nSPS) is 17.1. The van der Waals surface area contributed by atoms with Gasteiger partial charge in [0.15, 0.2) is 0 Å². The number of ether oxygens (including phenoxy) is 1. The molecule has 2 N–H and O–H groups in total. The zero-order valence-corrected chi connectivity index (χ0v) is 18.8. The minimum absolute atomic E-state index is 0.00932. The monoisotopic (exact) mass is 451 g/mol. The number of carbonyl (C=O) groups excluding carboxylic acids is 1. The van der Waals surface area contributed by atoms with Crippen molar-refractivity contribution >= 4 is 23.9 Å². The Morgan fingerprint density at radius 2 is 1.68 bits per heavy atom. The van der Waals surface area contributed by atoms with Gasteiger partial charge in [0.05, 0.1) is 19.2 Å². The van der Waals surface area contributed by atoms with Crippen molar-refractivity contribution in [1.29, 1.82) is 0 Å². The van der Waals surface area contributed by atoms with Crippen molar-refractivity contribution in [3.63, 3.8) is 0 Å². The third-order valence-electron chi connectivity index (χ3n) is 5.86. The highest BCUT2D eigenvalue weighted by Gasteiger charge is 2.31. The van der Waals surface area contributed by atoms with Crippen LogP contribution in [0.25, 0.3) is 6.08 Å². The summed E-state index contributed by atoms with van der Waals surface area (Å²) in [5, 5.41) is 10.9. The van der Waals surface area contributed by atoms with E-state index in [2.05, 4.69) is 45.0 Å². The van der Waals surface area contributed by atoms with Crippen molar-refractivity contribution in [2.75, 3.05) is 17.7 Å². The molecule has 0 saturated heterocycles. The molecule has 2 heterocycles. The number of nitrogens with one attached hydrogen (secondary N) is 2. The second kappa shape index (κ2) is 9.62. The summed E-state index contributed by atoms with van der Waals surface area (Å²) in [7, 11) is 1.60. The summed E-state index contributed by atoms with van der Waals surface area (Å²) in [6, 6.07) is 28.1. The van der Waals surface area contributed by atoms with E-state index >= 15 is 0 Å². The number of aromatic nitrogens is 3. The molecule has 0 spiro atoms. The van der Waals surface area contributed by atoms with Gasteiger partial charge in [0.1, 0.15) is 5.75 Å². The number of para-hydroxylation sites is 1. The summed E-state index contributed by atoms with van der Waals surface area (Å²) in [5.74, 6) is 1.26. The summed E-state index contributed by atoms with van der Waals surface area (Å²) in [6.07, 6.45) is 3.97. The van der Waals surface area contributed by atoms with Crippen molar-refractivity contribution in [2.24, 2.45) is 0 Å². The van der Waals surface area contributed by atoms with E-state index in [4.69, 9.17) is 4.74 Å². The van der Waals surface area contributed by atoms with Crippen LogP contribution in [-0.4, -0.2) is 27.8 Å². The number of fused-ring (bicyclic) bond motifs is 1. The fourth-order valence-electron chi connectivity index (χ4n) is 4.21. The number of rotatable bonds is 6. The second-order valence-corrected chi connectivity index (χ2v) is 8.04. The van der Waals surface area contributed by atoms with Crippen LogP contribution < -0.4 is 15.4 Å². The van der Waals surface area contributed by atoms with Gasteiger partial charge in [-0.3, -0.25) is 10.1 Å². The van der Waals surface area contributed by atoms with Crippen LogP contribution >= 0.6 is 0 Å². The largest absolute Gasteiger partial charge is 0.496 e. The summed E-state index contributed by atoms with van der Waals surface area (Å²) in [5.41, 5.74) is 3.14. The maximum absolute atomic E-state index is 12.6. The first-order valence-electron chi connectivity index (χ1n) is 11.2. The molecule has 34 heavy (non-hydrogen) atoms. The van der Waals surface area contributed by atoms with Gasteiger partial charge in [-0.15, -0.1) is 5.10 Å². The van der Waals surface area contributed by atoms with Crippen LogP contribution in [0.2, 0.25) is 0 Å². The summed E-state index contributed by atoms with van der Waals surface area (Å²) in [6.45, 7) is 0. The number of anilines is 2. The molecule has 1 amide bonds. The average Bonchev–Trinajstić information content (AvgIpc) is 3.30. The predicted molar refractivity (Wildman–Crippen MR) is 133 cm³/mol. The lowest BCUT2D eigenvalue weighted by atomic mass is 9.93. The number of methoxy groups -OCH3 is 1. The molecule has 1 aliphatic heterocycles. The summed E-state index contributed by atoms with van der Waals surface area (Å²) in [4.78, 5) is 17.2. The Morgan fingerprint density at radius 3 is 2.41 bits per heavy atom. The van der Waals surface area contributed by atoms with Crippen molar-refractivity contribution in [3.8, 4) is 5.75 Å². The standard InChI is InChI=1S/C27H25N5O2/c1-34-24-15-9-8-14-21(24)16-17-25(33)29-26-30-27-28-22(19-10-4-2-5-11-19)18-23(32(27)31-26)20-12-6-3-7-13-20/h2-17,22-23H,18H2,1H3,(H2,28,29,30,31,33)/b17-16+/t22-,23-/m0/s1. The average molecular weight is 452 g/mol. The molecular formula is C27H25N5O2. The van der Waals surface area contributed by atoms with Gasteiger partial charge in [-0.25, -0.2) is 4.68 Å². The highest BCUT2D eigenvalue weighted by atomic mass is 16.5. The van der Waals surface area contributed by atoms with E-state index in [9.17, 15) is 4.79 Å². The van der Waals surface area contributed by atoms with E-state index in [1.807, 2.05) is 65.3 Å². The van der Waals surface area contributed by atoms with E-state index < -0.39 is 0 Å². The Kier molecular flexibility index (Phi) is 6.07. The van der Waals surface area contributed by atoms with Gasteiger partial charge in [0.2, 0.25) is 5.95 Å². The van der Waals surface area contributed by atoms with Gasteiger partial charge in [-0.1, -0.05) is 78.9 Å². The lowest BCUT2D eigenvalue weighted by Crippen LogP contribution is -2.28. The maximum Gasteiger partial charge on any atom is 0.250 e. The van der Waals surface area contributed by atoms with Crippen molar-refractivity contribution < 1.29 is 9.53 Å². The Labute approximate surface area is 198 Å². The molecule has 0 unspecified atom stereocenters. The first-order chi connectivity index (χ1) is 16.7. The van der Waals surface area contributed by atoms with Crippen LogP contribution in [-0.2, 0) is 4.79 Å². The minimum Gasteiger partial charge on any atom is -0.496 e. The number of carbonyl (C=O) groups is 1. The van der Waals surface area contributed by atoms with Gasteiger partial charge >= 0.3 is 0 Å². The molecule has 0 radical (unpaired) electrons. The molecule has 7 heteroatoms. The number of nitrogens with zero attached hydrogens (tertiary/aromatic N) is 3. The smallest absolute Gasteiger partial charge is 0.250 e. The van der Waals surface area contributed by atoms with Crippen molar-refractivity contribution in [1.82, 2.24) is 14.8 Å². The Hall–Kier alpha value is -4.39. The molecule has 0 fully saturated rings. The molecule has 0 bridgehead atoms. The fourth-order valence-corrected chi connectivity index (χ4v) is 4.21. The van der Waals surface area contributed by atoms with E-state index in [1.54, 1.807) is 13.2 Å². The quantitative estimate of drug-likeness (QED) is 0.399. The molecule has 5 rings (SSSR count). The second-order valence-electron chi connectivity index (χ2n) is 8.04. The molecule has 0 aliphatic carbocycles. The van der Waals surface area contributed by atoms with Crippen LogP contribution in [0.1, 0.15) is 35.2 Å². The van der Waals surface area contributed by atoms with Crippen LogP contribution in [0.4, 0.5) is 11.9 Å². The minimum atomic E-state index is -0.315. The molecule has 170 valence electrons. The van der Waals surface area contributed by atoms with Crippen molar-refractivity contribution in [2.45, 2.75) is 18.5 Å². The van der Waals surface area contributed by atoms with Crippen LogP contribution in [0.5, 0.6) is 5.75 Å². The fraction of sp³-hybridized carbons (Fsp3) is 0.148. The molecular weight excluding hydrogens is 426 g/mol. The first-order valence-corrected chi connectivity index (χ1v) is 11.2. The number of hydrogen-bond donors (Lipinski definition) is 2. The van der Waals surface area contributed by atoms with E-state index in [-0.39, 0.29) is 23.9 Å². The molecule has 4 aromatic rings. The van der Waals surface area contributed by atoms with Gasteiger partial charge in [-0.2, -0.15) is 4.98 Å². The molecule has 2 atom stereocenters. The molecule has 1 aliphatic rings. The third kappa shape index (κ3) is 4.54. The van der Waals surface area contributed by atoms with Gasteiger partial charge in [-0.05, 0) is 29.7 Å². The predicted octanol–water partition coefficient (Wildman–Crippen LogP) is 5.08. The SMILES string of the molecule is COc1ccccc1/C=C/C(=O)Nc1nc2n(n1)[C@H](c1ccccc1)C[C@@H](c1ccccc1)N2. The molecule has 0 saturated carbocycles. The van der Waals surface area contributed by atoms with Crippen molar-refractivity contribution in [3.05, 3.63) is 108 Å². The Bertz CT molecular complexity index is 1300. The number of amides is 1. The molecule has 1 aromatic heterocycles. The van der Waals surface area contributed by atoms with Crippen LogP contribution in [0.15, 0.2) is 91.0 Å². The summed E-state index contributed by atoms with van der Waals surface area (Å²) < 4.78 is 7.19. The highest BCUT2D eigenvalue weighted by Crippen LogP contribution is 2.38. The lowest BCUT2D eigenvalue weighted by molar-refractivity contribution is -0.111. The van der Waals surface area contributed by atoms with E-state index in [0.717, 1.165) is 17.5 Å². The maximum atomic E-state index is 12.6. The topological polar surface area (TPSA) is 81.1 Å². The van der Waals surface area contributed by atoms with Crippen LogP contribution in [0.3, 0.4) is 0 Å². The summed E-state index contributed by atoms with van der Waals surface area (Å²) >= 11 is 0. The lowest BCUT2D eigenvalue weighted by Gasteiger charge is -2.31. The Morgan fingerprint density at radius 1 is 1.00 bits per heavy atom. The zero-order valence-electron chi connectivity index (χ0n) is 18.8. The van der Waals surface area contributed by atoms with E-state index in [1.165, 1.54) is 11.6 Å². The third-order valence-corrected chi connectivity index (χ3v) is 5.86. The van der Waals surface area contributed by atoms with Gasteiger partial charge < -0.3 is 10.1 Å². The van der Waals surface area contributed by atoms with Gasteiger partial charge in [0.25, 0.3) is 11.9 Å².